The minimum atomic E-state index is 0.0942. The van der Waals surface area contributed by atoms with Gasteiger partial charge in [-0.2, -0.15) is 0 Å². The topological polar surface area (TPSA) is 30.7 Å². The molecule has 0 N–H and O–H groups in total. The highest BCUT2D eigenvalue weighted by molar-refractivity contribution is 5.07. The lowest BCUT2D eigenvalue weighted by Crippen LogP contribution is -2.01. The van der Waals surface area contributed by atoms with E-state index >= 15 is 0 Å². The number of rotatable bonds is 3. The van der Waals surface area contributed by atoms with Crippen LogP contribution in [0.3, 0.4) is 0 Å². The zero-order chi connectivity index (χ0) is 11.3. The lowest BCUT2D eigenvalue weighted by atomic mass is 9.98. The zero-order valence-electron chi connectivity index (χ0n) is 10.0. The van der Waals surface area contributed by atoms with Crippen LogP contribution in [0.5, 0.6) is 0 Å². The van der Waals surface area contributed by atoms with Gasteiger partial charge in [-0.25, -0.2) is 0 Å². The second kappa shape index (κ2) is 4.97. The first-order chi connectivity index (χ1) is 7.01. The van der Waals surface area contributed by atoms with E-state index in [0.717, 1.165) is 25.1 Å². The van der Waals surface area contributed by atoms with E-state index in [-0.39, 0.29) is 5.41 Å². The summed E-state index contributed by atoms with van der Waals surface area (Å²) in [5.74, 6) is 6.36. The molecule has 0 spiro atoms. The molecule has 15 heavy (non-hydrogen) atoms. The highest BCUT2D eigenvalue weighted by Crippen LogP contribution is 2.09. The van der Waals surface area contributed by atoms with Gasteiger partial charge in [-0.1, -0.05) is 18.1 Å². The van der Waals surface area contributed by atoms with Gasteiger partial charge in [0.15, 0.2) is 0 Å². The molecule has 0 saturated heterocycles. The van der Waals surface area contributed by atoms with Crippen LogP contribution in [0.2, 0.25) is 0 Å². The van der Waals surface area contributed by atoms with E-state index < -0.39 is 0 Å². The maximum atomic E-state index is 4.03. The van der Waals surface area contributed by atoms with Crippen molar-refractivity contribution >= 4 is 0 Å². The van der Waals surface area contributed by atoms with E-state index in [0.29, 0.717) is 0 Å². The Morgan fingerprint density at radius 2 is 2.13 bits per heavy atom. The van der Waals surface area contributed by atoms with Gasteiger partial charge in [0.25, 0.3) is 0 Å². The summed E-state index contributed by atoms with van der Waals surface area (Å²) in [7, 11) is 0. The molecule has 0 saturated carbocycles. The molecule has 0 aliphatic heterocycles. The second-order valence-corrected chi connectivity index (χ2v) is 4.63. The standard InChI is InChI=1S/C12H19N3/c1-5-11-10-15(14-13-11)9-7-6-8-12(2,3)4/h10H,5,7,9H2,1-4H3. The van der Waals surface area contributed by atoms with Crippen LogP contribution < -0.4 is 0 Å². The van der Waals surface area contributed by atoms with Crippen molar-refractivity contribution in [3.8, 4) is 11.8 Å². The van der Waals surface area contributed by atoms with Crippen LogP contribution >= 0.6 is 0 Å². The summed E-state index contributed by atoms with van der Waals surface area (Å²) in [5, 5.41) is 8.05. The van der Waals surface area contributed by atoms with E-state index in [1.54, 1.807) is 0 Å². The molecular formula is C12H19N3. The van der Waals surface area contributed by atoms with Crippen LogP contribution in [0, 0.1) is 17.3 Å². The van der Waals surface area contributed by atoms with Crippen LogP contribution in [-0.4, -0.2) is 15.0 Å². The van der Waals surface area contributed by atoms with Crippen LogP contribution in [0.15, 0.2) is 6.20 Å². The minimum Gasteiger partial charge on any atom is -0.251 e. The van der Waals surface area contributed by atoms with Crippen LogP contribution in [0.1, 0.15) is 39.8 Å². The molecule has 3 nitrogen and oxygen atoms in total. The Kier molecular flexibility index (Phi) is 3.90. The van der Waals surface area contributed by atoms with Crippen molar-refractivity contribution in [2.24, 2.45) is 5.41 Å². The lowest BCUT2D eigenvalue weighted by Gasteiger charge is -2.06. The Balaban J connectivity index is 2.40. The Morgan fingerprint density at radius 1 is 1.40 bits per heavy atom. The summed E-state index contributed by atoms with van der Waals surface area (Å²) in [6.45, 7) is 9.25. The first-order valence-electron chi connectivity index (χ1n) is 5.40. The summed E-state index contributed by atoms with van der Waals surface area (Å²) in [6, 6.07) is 0. The summed E-state index contributed by atoms with van der Waals surface area (Å²) in [6.07, 6.45) is 3.76. The van der Waals surface area contributed by atoms with Crippen molar-refractivity contribution in [3.63, 3.8) is 0 Å². The van der Waals surface area contributed by atoms with Gasteiger partial charge in [0.05, 0.1) is 12.2 Å². The average Bonchev–Trinajstić information content (AvgIpc) is 2.59. The molecule has 0 aliphatic carbocycles. The summed E-state index contributed by atoms with van der Waals surface area (Å²) in [4.78, 5) is 0. The fourth-order valence-corrected chi connectivity index (χ4v) is 1.11. The smallest absolute Gasteiger partial charge is 0.0824 e. The molecule has 0 unspecified atom stereocenters. The fraction of sp³-hybridized carbons (Fsp3) is 0.667. The Labute approximate surface area is 91.9 Å². The van der Waals surface area contributed by atoms with Gasteiger partial charge in [0.2, 0.25) is 0 Å². The molecule has 1 aromatic rings. The first-order valence-corrected chi connectivity index (χ1v) is 5.40. The Hall–Kier alpha value is -1.30. The van der Waals surface area contributed by atoms with Crippen molar-refractivity contribution in [2.75, 3.05) is 0 Å². The van der Waals surface area contributed by atoms with Crippen molar-refractivity contribution in [1.29, 1.82) is 0 Å². The van der Waals surface area contributed by atoms with Gasteiger partial charge in [-0.05, 0) is 27.2 Å². The predicted octanol–water partition coefficient (Wildman–Crippen LogP) is 2.28. The Bertz CT molecular complexity index is 360. The van der Waals surface area contributed by atoms with Crippen molar-refractivity contribution in [2.45, 2.75) is 47.1 Å². The molecule has 0 bridgehead atoms. The maximum Gasteiger partial charge on any atom is 0.0824 e. The molecule has 0 aromatic carbocycles. The highest BCUT2D eigenvalue weighted by atomic mass is 15.4. The van der Waals surface area contributed by atoms with E-state index in [9.17, 15) is 0 Å². The molecule has 82 valence electrons. The molecule has 0 atom stereocenters. The first kappa shape index (κ1) is 11.8. The van der Waals surface area contributed by atoms with Gasteiger partial charge >= 0.3 is 0 Å². The normalized spacial score (nSPS) is 10.9. The molecule has 0 radical (unpaired) electrons. The van der Waals surface area contributed by atoms with E-state index in [1.807, 2.05) is 10.9 Å². The molecule has 1 rings (SSSR count). The zero-order valence-corrected chi connectivity index (χ0v) is 10.0. The van der Waals surface area contributed by atoms with Crippen molar-refractivity contribution in [1.82, 2.24) is 15.0 Å². The number of hydrogen-bond acceptors (Lipinski definition) is 2. The predicted molar refractivity (Wildman–Crippen MR) is 61.2 cm³/mol. The SMILES string of the molecule is CCc1cn(CCC#CC(C)(C)C)nn1. The second-order valence-electron chi connectivity index (χ2n) is 4.63. The molecule has 1 aromatic heterocycles. The number of aromatic nitrogens is 3. The van der Waals surface area contributed by atoms with E-state index in [2.05, 4.69) is 49.8 Å². The van der Waals surface area contributed by atoms with Gasteiger partial charge in [0.1, 0.15) is 0 Å². The number of aryl methyl sites for hydroxylation is 2. The number of hydrogen-bond donors (Lipinski definition) is 0. The fourth-order valence-electron chi connectivity index (χ4n) is 1.11. The lowest BCUT2D eigenvalue weighted by molar-refractivity contribution is 0.566. The third-order valence-electron chi connectivity index (χ3n) is 1.88. The minimum absolute atomic E-state index is 0.0942. The molecule has 1 heterocycles. The van der Waals surface area contributed by atoms with Gasteiger partial charge < -0.3 is 0 Å². The van der Waals surface area contributed by atoms with Gasteiger partial charge in [-0.15, -0.1) is 11.0 Å². The van der Waals surface area contributed by atoms with Crippen LogP contribution in [-0.2, 0) is 13.0 Å². The summed E-state index contributed by atoms with van der Waals surface area (Å²) >= 11 is 0. The number of nitrogens with zero attached hydrogens (tertiary/aromatic N) is 3. The average molecular weight is 205 g/mol. The van der Waals surface area contributed by atoms with Crippen molar-refractivity contribution in [3.05, 3.63) is 11.9 Å². The van der Waals surface area contributed by atoms with E-state index in [4.69, 9.17) is 0 Å². The molecule has 0 amide bonds. The van der Waals surface area contributed by atoms with Crippen LogP contribution in [0.25, 0.3) is 0 Å². The van der Waals surface area contributed by atoms with Gasteiger partial charge in [-0.3, -0.25) is 4.68 Å². The molecular weight excluding hydrogens is 186 g/mol. The Morgan fingerprint density at radius 3 is 2.67 bits per heavy atom. The van der Waals surface area contributed by atoms with Crippen LogP contribution in [0.4, 0.5) is 0 Å². The summed E-state index contributed by atoms with van der Waals surface area (Å²) < 4.78 is 1.86. The largest absolute Gasteiger partial charge is 0.251 e. The van der Waals surface area contributed by atoms with E-state index in [1.165, 1.54) is 0 Å². The quantitative estimate of drug-likeness (QED) is 0.709. The highest BCUT2D eigenvalue weighted by Gasteiger charge is 2.02. The summed E-state index contributed by atoms with van der Waals surface area (Å²) in [5.41, 5.74) is 1.13. The third kappa shape index (κ3) is 4.64. The molecule has 3 heteroatoms. The van der Waals surface area contributed by atoms with Gasteiger partial charge in [0, 0.05) is 18.0 Å². The molecule has 0 aliphatic rings. The monoisotopic (exact) mass is 205 g/mol. The van der Waals surface area contributed by atoms with Crippen molar-refractivity contribution < 1.29 is 0 Å². The molecule has 0 fully saturated rings. The third-order valence-corrected chi connectivity index (χ3v) is 1.88. The maximum absolute atomic E-state index is 4.03.